The summed E-state index contributed by atoms with van der Waals surface area (Å²) >= 11 is 1.38. The van der Waals surface area contributed by atoms with E-state index in [9.17, 15) is 18.0 Å². The maximum atomic E-state index is 12.8. The van der Waals surface area contributed by atoms with Crippen LogP contribution in [0.4, 0.5) is 0 Å². The molecule has 0 atom stereocenters. The van der Waals surface area contributed by atoms with Gasteiger partial charge in [-0.25, -0.2) is 13.4 Å². The number of sulfonamides is 1. The third-order valence-electron chi connectivity index (χ3n) is 5.01. The van der Waals surface area contributed by atoms with Crippen LogP contribution < -0.4 is 5.56 Å². The lowest BCUT2D eigenvalue weighted by Crippen LogP contribution is -2.51. The fraction of sp³-hybridized carbons (Fsp3) is 0.316. The van der Waals surface area contributed by atoms with Crippen molar-refractivity contribution in [1.29, 1.82) is 0 Å². The molecular formula is C19H20N4O4S2. The van der Waals surface area contributed by atoms with Crippen LogP contribution in [-0.2, 0) is 21.4 Å². The number of piperazine rings is 1. The first kappa shape index (κ1) is 19.7. The number of aromatic nitrogens is 2. The van der Waals surface area contributed by atoms with Gasteiger partial charge in [0.25, 0.3) is 5.56 Å². The molecule has 0 spiro atoms. The Kier molecular flexibility index (Phi) is 5.24. The number of fused-ring (bicyclic) bond motifs is 1. The van der Waals surface area contributed by atoms with Crippen LogP contribution in [0.5, 0.6) is 0 Å². The van der Waals surface area contributed by atoms with Crippen molar-refractivity contribution >= 4 is 37.5 Å². The molecule has 0 unspecified atom stereocenters. The summed E-state index contributed by atoms with van der Waals surface area (Å²) in [5, 5.41) is 2.29. The third-order valence-corrected chi connectivity index (χ3v) is 7.74. The maximum absolute atomic E-state index is 12.8. The lowest BCUT2D eigenvalue weighted by Gasteiger charge is -2.34. The highest BCUT2D eigenvalue weighted by molar-refractivity contribution is 7.89. The molecule has 152 valence electrons. The number of aryl methyl sites for hydroxylation is 1. The van der Waals surface area contributed by atoms with E-state index in [0.717, 1.165) is 5.56 Å². The Labute approximate surface area is 172 Å². The molecule has 8 nitrogen and oxygen atoms in total. The van der Waals surface area contributed by atoms with E-state index in [1.807, 2.05) is 6.92 Å². The van der Waals surface area contributed by atoms with Crippen molar-refractivity contribution < 1.29 is 13.2 Å². The van der Waals surface area contributed by atoms with E-state index in [4.69, 9.17) is 0 Å². The zero-order valence-corrected chi connectivity index (χ0v) is 17.4. The molecule has 0 aliphatic carbocycles. The van der Waals surface area contributed by atoms with E-state index in [2.05, 4.69) is 4.98 Å². The molecule has 0 saturated carbocycles. The molecule has 0 bridgehead atoms. The van der Waals surface area contributed by atoms with E-state index in [-0.39, 0.29) is 49.1 Å². The van der Waals surface area contributed by atoms with Crippen molar-refractivity contribution in [1.82, 2.24) is 18.8 Å². The van der Waals surface area contributed by atoms with Crippen LogP contribution in [0, 0.1) is 6.92 Å². The highest BCUT2D eigenvalue weighted by atomic mass is 32.2. The number of hydrogen-bond donors (Lipinski definition) is 0. The monoisotopic (exact) mass is 432 g/mol. The van der Waals surface area contributed by atoms with Gasteiger partial charge in [0.05, 0.1) is 16.6 Å². The number of thiophene rings is 1. The summed E-state index contributed by atoms with van der Waals surface area (Å²) in [6.07, 6.45) is 1.39. The van der Waals surface area contributed by atoms with Crippen molar-refractivity contribution in [2.75, 3.05) is 26.2 Å². The number of hydrogen-bond acceptors (Lipinski definition) is 6. The molecule has 1 amide bonds. The zero-order chi connectivity index (χ0) is 20.6. The minimum Gasteiger partial charge on any atom is -0.338 e. The molecule has 29 heavy (non-hydrogen) atoms. The summed E-state index contributed by atoms with van der Waals surface area (Å²) in [4.78, 5) is 31.8. The highest BCUT2D eigenvalue weighted by Crippen LogP contribution is 2.18. The van der Waals surface area contributed by atoms with Gasteiger partial charge in [0.15, 0.2) is 0 Å². The molecule has 3 heterocycles. The Morgan fingerprint density at radius 1 is 1.10 bits per heavy atom. The van der Waals surface area contributed by atoms with Gasteiger partial charge in [-0.2, -0.15) is 4.31 Å². The second-order valence-corrected chi connectivity index (χ2v) is 9.75. The van der Waals surface area contributed by atoms with Crippen LogP contribution in [0.1, 0.15) is 5.56 Å². The summed E-state index contributed by atoms with van der Waals surface area (Å²) in [6, 6.07) is 8.43. The molecule has 2 aromatic heterocycles. The van der Waals surface area contributed by atoms with Crippen molar-refractivity contribution in [2.24, 2.45) is 0 Å². The quantitative estimate of drug-likeness (QED) is 0.620. The molecule has 1 fully saturated rings. The number of carbonyl (C=O) groups is 1. The van der Waals surface area contributed by atoms with Crippen LogP contribution in [0.25, 0.3) is 10.2 Å². The predicted octanol–water partition coefficient (Wildman–Crippen LogP) is 1.30. The minimum absolute atomic E-state index is 0.109. The predicted molar refractivity (Wildman–Crippen MR) is 110 cm³/mol. The molecule has 1 aliphatic rings. The van der Waals surface area contributed by atoms with E-state index in [1.54, 1.807) is 40.6 Å². The van der Waals surface area contributed by atoms with E-state index in [1.165, 1.54) is 26.5 Å². The summed E-state index contributed by atoms with van der Waals surface area (Å²) in [6.45, 7) is 2.80. The lowest BCUT2D eigenvalue weighted by atomic mass is 10.2. The van der Waals surface area contributed by atoms with E-state index < -0.39 is 10.0 Å². The lowest BCUT2D eigenvalue weighted by molar-refractivity contribution is -0.133. The van der Waals surface area contributed by atoms with Gasteiger partial charge in [0, 0.05) is 26.2 Å². The van der Waals surface area contributed by atoms with Crippen LogP contribution in [-0.4, -0.2) is 59.3 Å². The number of carbonyl (C=O) groups excluding carboxylic acids is 1. The SMILES string of the molecule is Cc1ccc(S(=O)(=O)N2CCN(C(=O)Cn3cnc4sccc4c3=O)CC2)cc1. The second kappa shape index (κ2) is 7.69. The number of rotatable bonds is 4. The second-order valence-electron chi connectivity index (χ2n) is 6.91. The zero-order valence-electron chi connectivity index (χ0n) is 15.8. The Morgan fingerprint density at radius 2 is 1.79 bits per heavy atom. The van der Waals surface area contributed by atoms with Crippen LogP contribution in [0.2, 0.25) is 0 Å². The average Bonchev–Trinajstić information content (AvgIpc) is 3.20. The summed E-state index contributed by atoms with van der Waals surface area (Å²) in [5.74, 6) is -0.226. The van der Waals surface area contributed by atoms with Crippen molar-refractivity contribution in [3.8, 4) is 0 Å². The molecule has 0 N–H and O–H groups in total. The number of nitrogens with zero attached hydrogens (tertiary/aromatic N) is 4. The number of benzene rings is 1. The molecule has 3 aromatic rings. The first-order valence-corrected chi connectivity index (χ1v) is 11.5. The van der Waals surface area contributed by atoms with Crippen molar-refractivity contribution in [3.63, 3.8) is 0 Å². The van der Waals surface area contributed by atoms with Crippen LogP contribution in [0.3, 0.4) is 0 Å². The molecule has 10 heteroatoms. The molecule has 0 radical (unpaired) electrons. The van der Waals surface area contributed by atoms with Gasteiger partial charge >= 0.3 is 0 Å². The van der Waals surface area contributed by atoms with Gasteiger partial charge in [-0.3, -0.25) is 14.2 Å². The Hall–Kier alpha value is -2.56. The average molecular weight is 433 g/mol. The molecule has 1 aromatic carbocycles. The fourth-order valence-corrected chi connectivity index (χ4v) is 5.43. The van der Waals surface area contributed by atoms with Gasteiger partial charge in [-0.15, -0.1) is 11.3 Å². The smallest absolute Gasteiger partial charge is 0.262 e. The van der Waals surface area contributed by atoms with Gasteiger partial charge in [0.2, 0.25) is 15.9 Å². The third kappa shape index (κ3) is 3.83. The first-order chi connectivity index (χ1) is 13.9. The largest absolute Gasteiger partial charge is 0.338 e. The number of amides is 1. The molecular weight excluding hydrogens is 412 g/mol. The summed E-state index contributed by atoms with van der Waals surface area (Å²) < 4.78 is 28.3. The topological polar surface area (TPSA) is 92.6 Å². The van der Waals surface area contributed by atoms with Crippen molar-refractivity contribution in [3.05, 3.63) is 58.0 Å². The Bertz CT molecular complexity index is 1210. The minimum atomic E-state index is -3.58. The van der Waals surface area contributed by atoms with Crippen LogP contribution >= 0.6 is 11.3 Å². The van der Waals surface area contributed by atoms with E-state index in [0.29, 0.717) is 10.2 Å². The van der Waals surface area contributed by atoms with E-state index >= 15 is 0 Å². The van der Waals surface area contributed by atoms with Crippen LogP contribution in [0.15, 0.2) is 51.7 Å². The van der Waals surface area contributed by atoms with Gasteiger partial charge in [-0.1, -0.05) is 17.7 Å². The van der Waals surface area contributed by atoms with Gasteiger partial charge < -0.3 is 4.90 Å². The molecule has 4 rings (SSSR count). The highest BCUT2D eigenvalue weighted by Gasteiger charge is 2.30. The standard InChI is InChI=1S/C19H20N4O4S2/c1-14-2-4-15(5-3-14)29(26,27)23-9-7-21(8-10-23)17(24)12-22-13-20-18-16(19(22)25)6-11-28-18/h2-6,11,13H,7-10,12H2,1H3. The summed E-state index contributed by atoms with van der Waals surface area (Å²) in [7, 11) is -3.58. The molecule has 1 saturated heterocycles. The Balaban J connectivity index is 1.42. The summed E-state index contributed by atoms with van der Waals surface area (Å²) in [5.41, 5.74) is 0.745. The van der Waals surface area contributed by atoms with Gasteiger partial charge in [-0.05, 0) is 30.5 Å². The fourth-order valence-electron chi connectivity index (χ4n) is 3.29. The maximum Gasteiger partial charge on any atom is 0.262 e. The first-order valence-electron chi connectivity index (χ1n) is 9.13. The Morgan fingerprint density at radius 3 is 2.48 bits per heavy atom. The normalized spacial score (nSPS) is 15.7. The van der Waals surface area contributed by atoms with Crippen molar-refractivity contribution in [2.45, 2.75) is 18.4 Å². The molecule has 1 aliphatic heterocycles. The van der Waals surface area contributed by atoms with Gasteiger partial charge in [0.1, 0.15) is 11.4 Å².